The standard InChI is InChI=1S/C14H12ClN3O3/c15-10-4-2-1-3-8(10)13(19)18-6-5-9-11(7-18)16-17-12(9)14(20)21/h1-4H,5-7H2,(H,16,17)(H,20,21). The van der Waals surface area contributed by atoms with Crippen LogP contribution in [-0.2, 0) is 13.0 Å². The Morgan fingerprint density at radius 1 is 1.33 bits per heavy atom. The van der Waals surface area contributed by atoms with Crippen LogP contribution in [0.1, 0.15) is 32.1 Å². The van der Waals surface area contributed by atoms with Crippen molar-refractivity contribution in [1.82, 2.24) is 15.1 Å². The Labute approximate surface area is 125 Å². The lowest BCUT2D eigenvalue weighted by Crippen LogP contribution is -2.36. The lowest BCUT2D eigenvalue weighted by molar-refractivity contribution is 0.0689. The van der Waals surface area contributed by atoms with Crippen LogP contribution in [-0.4, -0.2) is 38.6 Å². The lowest BCUT2D eigenvalue weighted by Gasteiger charge is -2.27. The maximum absolute atomic E-state index is 12.5. The number of amides is 1. The number of halogens is 1. The Bertz CT molecular complexity index is 726. The molecule has 3 rings (SSSR count). The number of carbonyl (C=O) groups is 2. The van der Waals surface area contributed by atoms with E-state index >= 15 is 0 Å². The number of carboxylic acids is 1. The molecule has 2 aromatic rings. The average Bonchev–Trinajstić information content (AvgIpc) is 2.90. The minimum absolute atomic E-state index is 0.0369. The van der Waals surface area contributed by atoms with Crippen LogP contribution in [0.3, 0.4) is 0 Å². The van der Waals surface area contributed by atoms with Gasteiger partial charge >= 0.3 is 5.97 Å². The summed E-state index contributed by atoms with van der Waals surface area (Å²) >= 11 is 6.04. The second-order valence-corrected chi connectivity index (χ2v) is 5.20. The van der Waals surface area contributed by atoms with Crippen LogP contribution < -0.4 is 0 Å². The number of carbonyl (C=O) groups excluding carboxylic acids is 1. The van der Waals surface area contributed by atoms with E-state index in [0.29, 0.717) is 41.4 Å². The molecule has 1 aromatic carbocycles. The van der Waals surface area contributed by atoms with Crippen molar-refractivity contribution in [3.8, 4) is 0 Å². The number of aromatic amines is 1. The van der Waals surface area contributed by atoms with Crippen molar-refractivity contribution in [3.05, 3.63) is 51.8 Å². The molecule has 1 aliphatic rings. The third kappa shape index (κ3) is 2.38. The lowest BCUT2D eigenvalue weighted by atomic mass is 10.0. The first kappa shape index (κ1) is 13.6. The first-order valence-electron chi connectivity index (χ1n) is 6.41. The number of nitrogens with one attached hydrogen (secondary N) is 1. The van der Waals surface area contributed by atoms with E-state index in [2.05, 4.69) is 10.2 Å². The predicted molar refractivity (Wildman–Crippen MR) is 75.4 cm³/mol. The van der Waals surface area contributed by atoms with Gasteiger partial charge in [0.05, 0.1) is 22.8 Å². The number of hydrogen-bond acceptors (Lipinski definition) is 3. The Hall–Kier alpha value is -2.34. The molecular weight excluding hydrogens is 294 g/mol. The fourth-order valence-electron chi connectivity index (χ4n) is 2.47. The number of hydrogen-bond donors (Lipinski definition) is 2. The number of aromatic nitrogens is 2. The largest absolute Gasteiger partial charge is 0.476 e. The van der Waals surface area contributed by atoms with Crippen LogP contribution in [0, 0.1) is 0 Å². The highest BCUT2D eigenvalue weighted by atomic mass is 35.5. The Kier molecular flexibility index (Phi) is 3.39. The summed E-state index contributed by atoms with van der Waals surface area (Å²) in [4.78, 5) is 25.1. The smallest absolute Gasteiger partial charge is 0.356 e. The second-order valence-electron chi connectivity index (χ2n) is 4.79. The first-order chi connectivity index (χ1) is 10.1. The maximum Gasteiger partial charge on any atom is 0.356 e. The molecule has 0 atom stereocenters. The van der Waals surface area contributed by atoms with E-state index in [9.17, 15) is 9.59 Å². The van der Waals surface area contributed by atoms with Gasteiger partial charge in [0.1, 0.15) is 0 Å². The summed E-state index contributed by atoms with van der Waals surface area (Å²) in [7, 11) is 0. The molecule has 108 valence electrons. The molecule has 1 aromatic heterocycles. The fourth-order valence-corrected chi connectivity index (χ4v) is 2.69. The number of benzene rings is 1. The van der Waals surface area contributed by atoms with Gasteiger partial charge < -0.3 is 10.0 Å². The molecule has 7 heteroatoms. The number of carboxylic acid groups (broad SMARTS) is 1. The predicted octanol–water partition coefficient (Wildman–Crippen LogP) is 1.96. The number of aromatic carboxylic acids is 1. The normalized spacial score (nSPS) is 13.9. The van der Waals surface area contributed by atoms with E-state index in [1.54, 1.807) is 29.2 Å². The maximum atomic E-state index is 12.5. The third-order valence-electron chi connectivity index (χ3n) is 3.53. The summed E-state index contributed by atoms with van der Waals surface area (Å²) in [6.45, 7) is 0.747. The van der Waals surface area contributed by atoms with Gasteiger partial charge in [0.2, 0.25) is 0 Å². The van der Waals surface area contributed by atoms with Crippen LogP contribution in [0.15, 0.2) is 24.3 Å². The molecule has 1 aliphatic heterocycles. The number of fused-ring (bicyclic) bond motifs is 1. The molecule has 0 radical (unpaired) electrons. The van der Waals surface area contributed by atoms with Gasteiger partial charge in [-0.25, -0.2) is 4.79 Å². The van der Waals surface area contributed by atoms with Crippen LogP contribution in [0.4, 0.5) is 0 Å². The molecule has 0 saturated heterocycles. The Morgan fingerprint density at radius 3 is 2.81 bits per heavy atom. The van der Waals surface area contributed by atoms with Crippen molar-refractivity contribution in [2.75, 3.05) is 6.54 Å². The summed E-state index contributed by atoms with van der Waals surface area (Å²) in [6.07, 6.45) is 0.462. The number of rotatable bonds is 2. The van der Waals surface area contributed by atoms with Crippen molar-refractivity contribution in [3.63, 3.8) is 0 Å². The Balaban J connectivity index is 1.85. The summed E-state index contributed by atoms with van der Waals surface area (Å²) in [6, 6.07) is 6.87. The highest BCUT2D eigenvalue weighted by Gasteiger charge is 2.28. The molecule has 0 bridgehead atoms. The zero-order chi connectivity index (χ0) is 15.0. The van der Waals surface area contributed by atoms with Gasteiger partial charge in [0, 0.05) is 12.1 Å². The monoisotopic (exact) mass is 305 g/mol. The van der Waals surface area contributed by atoms with Crippen LogP contribution in [0.5, 0.6) is 0 Å². The quantitative estimate of drug-likeness (QED) is 0.888. The van der Waals surface area contributed by atoms with Crippen molar-refractivity contribution in [2.45, 2.75) is 13.0 Å². The van der Waals surface area contributed by atoms with Gasteiger partial charge in [-0.3, -0.25) is 9.89 Å². The fraction of sp³-hybridized carbons (Fsp3) is 0.214. The molecular formula is C14H12ClN3O3. The molecule has 0 fully saturated rings. The van der Waals surface area contributed by atoms with E-state index < -0.39 is 5.97 Å². The van der Waals surface area contributed by atoms with Gasteiger partial charge in [0.25, 0.3) is 5.91 Å². The number of H-pyrrole nitrogens is 1. The van der Waals surface area contributed by atoms with Gasteiger partial charge in [0.15, 0.2) is 5.69 Å². The topological polar surface area (TPSA) is 86.3 Å². The average molecular weight is 306 g/mol. The molecule has 2 N–H and O–H groups in total. The second kappa shape index (κ2) is 5.21. The molecule has 0 aliphatic carbocycles. The van der Waals surface area contributed by atoms with Crippen LogP contribution >= 0.6 is 11.6 Å². The van der Waals surface area contributed by atoms with E-state index in [1.165, 1.54) is 0 Å². The molecule has 0 unspecified atom stereocenters. The van der Waals surface area contributed by atoms with Crippen LogP contribution in [0.25, 0.3) is 0 Å². The minimum Gasteiger partial charge on any atom is -0.476 e. The van der Waals surface area contributed by atoms with Crippen molar-refractivity contribution < 1.29 is 14.7 Å². The van der Waals surface area contributed by atoms with Crippen molar-refractivity contribution >= 4 is 23.5 Å². The molecule has 1 amide bonds. The highest BCUT2D eigenvalue weighted by molar-refractivity contribution is 6.33. The van der Waals surface area contributed by atoms with Crippen molar-refractivity contribution in [1.29, 1.82) is 0 Å². The highest BCUT2D eigenvalue weighted by Crippen LogP contribution is 2.23. The van der Waals surface area contributed by atoms with E-state index in [0.717, 1.165) is 0 Å². The van der Waals surface area contributed by atoms with Crippen LogP contribution in [0.2, 0.25) is 5.02 Å². The van der Waals surface area contributed by atoms with Gasteiger partial charge in [-0.1, -0.05) is 23.7 Å². The zero-order valence-corrected chi connectivity index (χ0v) is 11.7. The Morgan fingerprint density at radius 2 is 2.10 bits per heavy atom. The number of nitrogens with zero attached hydrogens (tertiary/aromatic N) is 2. The molecule has 6 nitrogen and oxygen atoms in total. The SMILES string of the molecule is O=C(O)c1n[nH]c2c1CCN(C(=O)c1ccccc1Cl)C2. The van der Waals surface area contributed by atoms with E-state index in [1.807, 2.05) is 0 Å². The van der Waals surface area contributed by atoms with E-state index in [4.69, 9.17) is 16.7 Å². The molecule has 21 heavy (non-hydrogen) atoms. The van der Waals surface area contributed by atoms with Crippen molar-refractivity contribution in [2.24, 2.45) is 0 Å². The van der Waals surface area contributed by atoms with Gasteiger partial charge in [-0.2, -0.15) is 5.10 Å². The molecule has 0 spiro atoms. The first-order valence-corrected chi connectivity index (χ1v) is 6.79. The van der Waals surface area contributed by atoms with Gasteiger partial charge in [-0.15, -0.1) is 0 Å². The summed E-state index contributed by atoms with van der Waals surface area (Å²) in [5.74, 6) is -1.23. The third-order valence-corrected chi connectivity index (χ3v) is 3.86. The summed E-state index contributed by atoms with van der Waals surface area (Å²) in [5.41, 5.74) is 1.82. The van der Waals surface area contributed by atoms with E-state index in [-0.39, 0.29) is 11.6 Å². The summed E-state index contributed by atoms with van der Waals surface area (Å²) in [5, 5.41) is 15.9. The zero-order valence-electron chi connectivity index (χ0n) is 11.0. The minimum atomic E-state index is -1.06. The molecule has 2 heterocycles. The van der Waals surface area contributed by atoms with Gasteiger partial charge in [-0.05, 0) is 18.6 Å². The summed E-state index contributed by atoms with van der Waals surface area (Å²) < 4.78 is 0. The molecule has 0 saturated carbocycles.